The Labute approximate surface area is 185 Å². The number of aromatic nitrogens is 2. The van der Waals surface area contributed by atoms with Crippen LogP contribution >= 0.6 is 0 Å². The van der Waals surface area contributed by atoms with Crippen molar-refractivity contribution in [1.82, 2.24) is 14.9 Å². The first-order valence-electron chi connectivity index (χ1n) is 10.7. The largest absolute Gasteiger partial charge is 0.435 e. The summed E-state index contributed by atoms with van der Waals surface area (Å²) in [5.74, 6) is 0.590. The van der Waals surface area contributed by atoms with E-state index in [-0.39, 0.29) is 11.9 Å². The second-order valence-corrected chi connectivity index (χ2v) is 7.84. The van der Waals surface area contributed by atoms with Crippen LogP contribution in [0.2, 0.25) is 0 Å². The summed E-state index contributed by atoms with van der Waals surface area (Å²) in [4.78, 5) is 11.1. The van der Waals surface area contributed by atoms with Gasteiger partial charge in [0, 0.05) is 43.3 Å². The first-order valence-corrected chi connectivity index (χ1v) is 10.7. The fourth-order valence-corrected chi connectivity index (χ4v) is 3.68. The molecule has 4 rings (SSSR count). The van der Waals surface area contributed by atoms with Crippen molar-refractivity contribution in [1.29, 1.82) is 0 Å². The second-order valence-electron chi connectivity index (χ2n) is 7.84. The number of anilines is 2. The Morgan fingerprint density at radius 2 is 1.62 bits per heavy atom. The molecule has 8 heteroatoms. The fraction of sp³-hybridized carbons (Fsp3) is 0.333. The maximum absolute atomic E-state index is 12.3. The minimum absolute atomic E-state index is 0.112. The molecule has 0 aliphatic carbocycles. The van der Waals surface area contributed by atoms with Crippen LogP contribution in [0.4, 0.5) is 20.4 Å². The number of piperidine rings is 1. The van der Waals surface area contributed by atoms with E-state index in [1.165, 1.54) is 17.7 Å². The minimum atomic E-state index is -2.84. The number of hydrogen-bond acceptors (Lipinski definition) is 6. The molecule has 168 valence electrons. The van der Waals surface area contributed by atoms with E-state index in [0.29, 0.717) is 5.95 Å². The predicted molar refractivity (Wildman–Crippen MR) is 119 cm³/mol. The maximum Gasteiger partial charge on any atom is 0.387 e. The molecule has 2 heterocycles. The van der Waals surface area contributed by atoms with Crippen LogP contribution in [0.1, 0.15) is 18.4 Å². The third-order valence-electron chi connectivity index (χ3n) is 5.55. The first-order chi connectivity index (χ1) is 15.5. The average Bonchev–Trinajstić information content (AvgIpc) is 2.80. The number of nitrogens with zero attached hydrogens (tertiary/aromatic N) is 3. The number of ether oxygens (including phenoxy) is 1. The topological polar surface area (TPSA) is 70.5 Å². The fourth-order valence-electron chi connectivity index (χ4n) is 3.68. The third kappa shape index (κ3) is 6.21. The summed E-state index contributed by atoms with van der Waals surface area (Å²) < 4.78 is 28.9. The SMILES string of the molecule is OC1CCN(CCc2ccc(Nc3ncc(-c4ccc(OC(F)F)cc4)cn3)cc2)CC1. The Morgan fingerprint density at radius 3 is 2.25 bits per heavy atom. The third-order valence-corrected chi connectivity index (χ3v) is 5.55. The summed E-state index contributed by atoms with van der Waals surface area (Å²) in [6.45, 7) is 0.0799. The van der Waals surface area contributed by atoms with Crippen LogP contribution in [-0.4, -0.2) is 52.3 Å². The predicted octanol–water partition coefficient (Wildman–Crippen LogP) is 4.49. The molecule has 0 amide bonds. The Hall–Kier alpha value is -3.10. The number of rotatable bonds is 8. The summed E-state index contributed by atoms with van der Waals surface area (Å²) in [5, 5.41) is 12.8. The van der Waals surface area contributed by atoms with Gasteiger partial charge in [-0.2, -0.15) is 8.78 Å². The van der Waals surface area contributed by atoms with E-state index >= 15 is 0 Å². The van der Waals surface area contributed by atoms with Gasteiger partial charge in [-0.15, -0.1) is 0 Å². The van der Waals surface area contributed by atoms with Crippen LogP contribution in [0.5, 0.6) is 5.75 Å². The quantitative estimate of drug-likeness (QED) is 0.538. The highest BCUT2D eigenvalue weighted by atomic mass is 19.3. The summed E-state index contributed by atoms with van der Waals surface area (Å²) in [5.41, 5.74) is 3.75. The summed E-state index contributed by atoms with van der Waals surface area (Å²) in [6, 6.07) is 14.6. The van der Waals surface area contributed by atoms with Gasteiger partial charge in [0.05, 0.1) is 6.10 Å². The van der Waals surface area contributed by atoms with Crippen molar-refractivity contribution in [3.8, 4) is 16.9 Å². The molecule has 2 aromatic carbocycles. The van der Waals surface area contributed by atoms with Gasteiger partial charge in [0.2, 0.25) is 5.95 Å². The van der Waals surface area contributed by atoms with Crippen molar-refractivity contribution in [2.75, 3.05) is 25.0 Å². The standard InChI is InChI=1S/C24H26F2N4O2/c25-23(26)32-22-7-3-18(4-8-22)19-15-27-24(28-16-19)29-20-5-1-17(2-6-20)9-12-30-13-10-21(31)11-14-30/h1-8,15-16,21,23,31H,9-14H2,(H,27,28,29). The van der Waals surface area contributed by atoms with Crippen LogP contribution in [0.15, 0.2) is 60.9 Å². The Bertz CT molecular complexity index is 974. The van der Waals surface area contributed by atoms with E-state index in [1.807, 2.05) is 12.1 Å². The van der Waals surface area contributed by atoms with Gasteiger partial charge in [-0.1, -0.05) is 24.3 Å². The van der Waals surface area contributed by atoms with Crippen molar-refractivity contribution < 1.29 is 18.6 Å². The number of likely N-dealkylation sites (tertiary alicyclic amines) is 1. The number of nitrogens with one attached hydrogen (secondary N) is 1. The molecular weight excluding hydrogens is 414 g/mol. The van der Waals surface area contributed by atoms with Gasteiger partial charge in [-0.05, 0) is 54.7 Å². The summed E-state index contributed by atoms with van der Waals surface area (Å²) in [7, 11) is 0. The lowest BCUT2D eigenvalue weighted by atomic mass is 10.1. The smallest absolute Gasteiger partial charge is 0.387 e. The van der Waals surface area contributed by atoms with E-state index in [2.05, 4.69) is 37.1 Å². The molecule has 0 saturated carbocycles. The van der Waals surface area contributed by atoms with Crippen LogP contribution in [0.3, 0.4) is 0 Å². The number of aliphatic hydroxyl groups is 1. The summed E-state index contributed by atoms with van der Waals surface area (Å²) >= 11 is 0. The maximum atomic E-state index is 12.3. The number of alkyl halides is 2. The molecule has 32 heavy (non-hydrogen) atoms. The zero-order valence-electron chi connectivity index (χ0n) is 17.6. The second kappa shape index (κ2) is 10.5. The van der Waals surface area contributed by atoms with Crippen LogP contribution in [-0.2, 0) is 6.42 Å². The number of aliphatic hydroxyl groups excluding tert-OH is 1. The van der Waals surface area contributed by atoms with Gasteiger partial charge in [0.1, 0.15) is 5.75 Å². The molecule has 1 aliphatic heterocycles. The molecule has 0 unspecified atom stereocenters. The Morgan fingerprint density at radius 1 is 0.969 bits per heavy atom. The van der Waals surface area contributed by atoms with Crippen LogP contribution in [0, 0.1) is 0 Å². The molecule has 3 aromatic rings. The number of halogens is 2. The van der Waals surface area contributed by atoms with Crippen LogP contribution in [0.25, 0.3) is 11.1 Å². The molecule has 0 radical (unpaired) electrons. The molecule has 1 aliphatic rings. The zero-order chi connectivity index (χ0) is 22.3. The van der Waals surface area contributed by atoms with Gasteiger partial charge < -0.3 is 20.1 Å². The lowest BCUT2D eigenvalue weighted by molar-refractivity contribution is -0.0498. The normalized spacial score (nSPS) is 15.1. The highest BCUT2D eigenvalue weighted by Crippen LogP contribution is 2.23. The molecule has 1 fully saturated rings. The summed E-state index contributed by atoms with van der Waals surface area (Å²) in [6.07, 6.45) is 5.92. The van der Waals surface area contributed by atoms with E-state index in [9.17, 15) is 13.9 Å². The lowest BCUT2D eigenvalue weighted by Crippen LogP contribution is -2.37. The highest BCUT2D eigenvalue weighted by Gasteiger charge is 2.16. The number of hydrogen-bond donors (Lipinski definition) is 2. The van der Waals surface area contributed by atoms with Gasteiger partial charge in [0.15, 0.2) is 0 Å². The van der Waals surface area contributed by atoms with Crippen molar-refractivity contribution in [3.05, 3.63) is 66.5 Å². The Balaban J connectivity index is 1.29. The molecule has 0 bridgehead atoms. The van der Waals surface area contributed by atoms with Crippen molar-refractivity contribution >= 4 is 11.6 Å². The van der Waals surface area contributed by atoms with Crippen LogP contribution < -0.4 is 10.1 Å². The van der Waals surface area contributed by atoms with Gasteiger partial charge >= 0.3 is 6.61 Å². The molecule has 6 nitrogen and oxygen atoms in total. The van der Waals surface area contributed by atoms with Gasteiger partial charge in [-0.25, -0.2) is 9.97 Å². The van der Waals surface area contributed by atoms with E-state index in [1.54, 1.807) is 24.5 Å². The molecule has 1 aromatic heterocycles. The van der Waals surface area contributed by atoms with Gasteiger partial charge in [-0.3, -0.25) is 0 Å². The van der Waals surface area contributed by atoms with E-state index < -0.39 is 6.61 Å². The van der Waals surface area contributed by atoms with Crippen molar-refractivity contribution in [2.45, 2.75) is 32.0 Å². The zero-order valence-corrected chi connectivity index (χ0v) is 17.6. The lowest BCUT2D eigenvalue weighted by Gasteiger charge is -2.29. The Kier molecular flexibility index (Phi) is 7.24. The highest BCUT2D eigenvalue weighted by molar-refractivity contribution is 5.63. The molecule has 0 spiro atoms. The van der Waals surface area contributed by atoms with Gasteiger partial charge in [0.25, 0.3) is 0 Å². The van der Waals surface area contributed by atoms with Crippen molar-refractivity contribution in [2.24, 2.45) is 0 Å². The molecule has 2 N–H and O–H groups in total. The first kappa shape index (κ1) is 22.1. The average molecular weight is 440 g/mol. The molecule has 1 saturated heterocycles. The molecular formula is C24H26F2N4O2. The van der Waals surface area contributed by atoms with Crippen molar-refractivity contribution in [3.63, 3.8) is 0 Å². The monoisotopic (exact) mass is 440 g/mol. The number of benzene rings is 2. The van der Waals surface area contributed by atoms with E-state index in [0.717, 1.165) is 55.7 Å². The van der Waals surface area contributed by atoms with E-state index in [4.69, 9.17) is 0 Å². The minimum Gasteiger partial charge on any atom is -0.435 e. The molecule has 0 atom stereocenters.